The highest BCUT2D eigenvalue weighted by Gasteiger charge is 2.20. The zero-order valence-electron chi connectivity index (χ0n) is 12.4. The van der Waals surface area contributed by atoms with Crippen LogP contribution in [-0.4, -0.2) is 34.4 Å². The van der Waals surface area contributed by atoms with Gasteiger partial charge >= 0.3 is 0 Å². The molecule has 2 aromatic heterocycles. The van der Waals surface area contributed by atoms with E-state index in [1.807, 2.05) is 24.5 Å². The number of pyridine rings is 1. The summed E-state index contributed by atoms with van der Waals surface area (Å²) in [5.74, 6) is 0.701. The second-order valence-electron chi connectivity index (χ2n) is 5.63. The number of rotatable bonds is 5. The average Bonchev–Trinajstić information content (AvgIpc) is 3.03. The molecule has 21 heavy (non-hydrogen) atoms. The van der Waals surface area contributed by atoms with Crippen LogP contribution < -0.4 is 5.32 Å². The van der Waals surface area contributed by atoms with Gasteiger partial charge in [-0.1, -0.05) is 0 Å². The normalized spacial score (nSPS) is 17.8. The van der Waals surface area contributed by atoms with E-state index in [9.17, 15) is 0 Å². The third-order valence-corrected chi connectivity index (χ3v) is 4.26. The minimum atomic E-state index is 0.491. The molecule has 1 atom stereocenters. The number of H-pyrrole nitrogens is 1. The standard InChI is InChI=1S/C16H22N4O/c1-12(13-4-7-21-8-5-13)18-10-15-11-19-20-16(15)14-3-2-6-17-9-14/h2-3,6,9,11-13,18H,4-5,7-8,10H2,1H3,(H,19,20). The van der Waals surface area contributed by atoms with Gasteiger partial charge in [-0.2, -0.15) is 5.10 Å². The van der Waals surface area contributed by atoms with E-state index >= 15 is 0 Å². The average molecular weight is 286 g/mol. The largest absolute Gasteiger partial charge is 0.381 e. The van der Waals surface area contributed by atoms with E-state index in [0.29, 0.717) is 12.0 Å². The first-order valence-corrected chi connectivity index (χ1v) is 7.58. The van der Waals surface area contributed by atoms with Crippen LogP contribution in [-0.2, 0) is 11.3 Å². The summed E-state index contributed by atoms with van der Waals surface area (Å²) in [6, 6.07) is 4.48. The number of hydrogen-bond donors (Lipinski definition) is 2. The third-order valence-electron chi connectivity index (χ3n) is 4.26. The molecule has 1 aliphatic rings. The molecule has 0 radical (unpaired) electrons. The highest BCUT2D eigenvalue weighted by Crippen LogP contribution is 2.22. The fraction of sp³-hybridized carbons (Fsp3) is 0.500. The Balaban J connectivity index is 1.62. The molecule has 0 aliphatic carbocycles. The highest BCUT2D eigenvalue weighted by molar-refractivity contribution is 5.61. The Morgan fingerprint density at radius 3 is 3.00 bits per heavy atom. The van der Waals surface area contributed by atoms with Gasteiger partial charge in [-0.25, -0.2) is 0 Å². The van der Waals surface area contributed by atoms with Crippen LogP contribution in [0.3, 0.4) is 0 Å². The fourth-order valence-electron chi connectivity index (χ4n) is 2.86. The van der Waals surface area contributed by atoms with Crippen molar-refractivity contribution in [2.45, 2.75) is 32.4 Å². The summed E-state index contributed by atoms with van der Waals surface area (Å²) in [6.45, 7) is 4.87. The maximum Gasteiger partial charge on any atom is 0.0710 e. The van der Waals surface area contributed by atoms with Crippen molar-refractivity contribution in [3.63, 3.8) is 0 Å². The summed E-state index contributed by atoms with van der Waals surface area (Å²) < 4.78 is 5.43. The van der Waals surface area contributed by atoms with Gasteiger partial charge in [0.25, 0.3) is 0 Å². The van der Waals surface area contributed by atoms with Gasteiger partial charge in [0.15, 0.2) is 0 Å². The van der Waals surface area contributed by atoms with Gasteiger partial charge in [0.05, 0.1) is 11.9 Å². The van der Waals surface area contributed by atoms with Gasteiger partial charge in [0.2, 0.25) is 0 Å². The maximum atomic E-state index is 5.43. The molecule has 0 saturated carbocycles. The predicted octanol–water partition coefficient (Wildman–Crippen LogP) is 2.38. The SMILES string of the molecule is CC(NCc1cn[nH]c1-c1cccnc1)C1CCOCC1. The topological polar surface area (TPSA) is 62.8 Å². The Labute approximate surface area is 125 Å². The molecule has 5 heteroatoms. The molecule has 112 valence electrons. The van der Waals surface area contributed by atoms with Crippen molar-refractivity contribution in [1.82, 2.24) is 20.5 Å². The predicted molar refractivity (Wildman–Crippen MR) is 81.7 cm³/mol. The minimum absolute atomic E-state index is 0.491. The number of nitrogens with one attached hydrogen (secondary N) is 2. The maximum absolute atomic E-state index is 5.43. The molecule has 2 N–H and O–H groups in total. The van der Waals surface area contributed by atoms with Crippen molar-refractivity contribution in [3.05, 3.63) is 36.3 Å². The van der Waals surface area contributed by atoms with E-state index in [4.69, 9.17) is 4.74 Å². The smallest absolute Gasteiger partial charge is 0.0710 e. The van der Waals surface area contributed by atoms with Crippen molar-refractivity contribution in [2.24, 2.45) is 5.92 Å². The van der Waals surface area contributed by atoms with Crippen molar-refractivity contribution in [1.29, 1.82) is 0 Å². The Bertz CT molecular complexity index is 548. The van der Waals surface area contributed by atoms with Crippen LogP contribution in [0.2, 0.25) is 0 Å². The van der Waals surface area contributed by atoms with Crippen LogP contribution in [0.1, 0.15) is 25.3 Å². The van der Waals surface area contributed by atoms with Crippen LogP contribution in [0.5, 0.6) is 0 Å². The summed E-state index contributed by atoms with van der Waals surface area (Å²) in [5, 5.41) is 10.9. The van der Waals surface area contributed by atoms with Gasteiger partial charge < -0.3 is 10.1 Å². The van der Waals surface area contributed by atoms with Crippen LogP contribution in [0, 0.1) is 5.92 Å². The van der Waals surface area contributed by atoms with E-state index in [0.717, 1.165) is 43.9 Å². The van der Waals surface area contributed by atoms with Crippen molar-refractivity contribution >= 4 is 0 Å². The van der Waals surface area contributed by atoms with E-state index in [2.05, 4.69) is 27.4 Å². The summed E-state index contributed by atoms with van der Waals surface area (Å²) in [4.78, 5) is 4.17. The molecule has 0 spiro atoms. The van der Waals surface area contributed by atoms with Gasteiger partial charge in [-0.15, -0.1) is 0 Å². The Morgan fingerprint density at radius 1 is 1.38 bits per heavy atom. The van der Waals surface area contributed by atoms with Crippen molar-refractivity contribution < 1.29 is 4.74 Å². The molecule has 1 fully saturated rings. The van der Waals surface area contributed by atoms with E-state index in [1.165, 1.54) is 5.56 Å². The molecule has 5 nitrogen and oxygen atoms in total. The van der Waals surface area contributed by atoms with Crippen LogP contribution in [0.25, 0.3) is 11.3 Å². The minimum Gasteiger partial charge on any atom is -0.381 e. The summed E-state index contributed by atoms with van der Waals surface area (Å²) in [6.07, 6.45) is 7.83. The molecule has 0 bridgehead atoms. The van der Waals surface area contributed by atoms with Crippen LogP contribution >= 0.6 is 0 Å². The molecule has 2 aromatic rings. The summed E-state index contributed by atoms with van der Waals surface area (Å²) in [7, 11) is 0. The lowest BCUT2D eigenvalue weighted by atomic mass is 9.93. The molecule has 0 amide bonds. The molecule has 0 aromatic carbocycles. The first kappa shape index (κ1) is 14.2. The monoisotopic (exact) mass is 286 g/mol. The number of hydrogen-bond acceptors (Lipinski definition) is 4. The van der Waals surface area contributed by atoms with Crippen LogP contribution in [0.15, 0.2) is 30.7 Å². The fourth-order valence-corrected chi connectivity index (χ4v) is 2.86. The van der Waals surface area contributed by atoms with Crippen molar-refractivity contribution in [3.8, 4) is 11.3 Å². The number of aromatic nitrogens is 3. The summed E-state index contributed by atoms with van der Waals surface area (Å²) in [5.41, 5.74) is 3.31. The Hall–Kier alpha value is -1.72. The zero-order valence-corrected chi connectivity index (χ0v) is 12.4. The van der Waals surface area contributed by atoms with E-state index in [-0.39, 0.29) is 0 Å². The second kappa shape index (κ2) is 6.83. The highest BCUT2D eigenvalue weighted by atomic mass is 16.5. The summed E-state index contributed by atoms with van der Waals surface area (Å²) >= 11 is 0. The number of aromatic amines is 1. The number of ether oxygens (including phenoxy) is 1. The first-order chi connectivity index (χ1) is 10.3. The molecule has 1 aliphatic heterocycles. The van der Waals surface area contributed by atoms with Crippen LogP contribution in [0.4, 0.5) is 0 Å². The molecule has 3 rings (SSSR count). The lowest BCUT2D eigenvalue weighted by Crippen LogP contribution is -2.36. The molecule has 1 saturated heterocycles. The Morgan fingerprint density at radius 2 is 2.24 bits per heavy atom. The lowest BCUT2D eigenvalue weighted by molar-refractivity contribution is 0.0558. The third kappa shape index (κ3) is 3.49. The molecular weight excluding hydrogens is 264 g/mol. The van der Waals surface area contributed by atoms with E-state index < -0.39 is 0 Å². The van der Waals surface area contributed by atoms with Gasteiger partial charge in [-0.05, 0) is 37.8 Å². The van der Waals surface area contributed by atoms with Crippen molar-refractivity contribution in [2.75, 3.05) is 13.2 Å². The molecule has 3 heterocycles. The molecular formula is C16H22N4O. The first-order valence-electron chi connectivity index (χ1n) is 7.58. The number of nitrogens with zero attached hydrogens (tertiary/aromatic N) is 2. The second-order valence-corrected chi connectivity index (χ2v) is 5.63. The Kier molecular flexibility index (Phi) is 4.62. The van der Waals surface area contributed by atoms with Gasteiger partial charge in [0.1, 0.15) is 0 Å². The lowest BCUT2D eigenvalue weighted by Gasteiger charge is -2.28. The molecule has 1 unspecified atom stereocenters. The van der Waals surface area contributed by atoms with Gasteiger partial charge in [-0.3, -0.25) is 10.1 Å². The van der Waals surface area contributed by atoms with E-state index in [1.54, 1.807) is 6.20 Å². The van der Waals surface area contributed by atoms with Gasteiger partial charge in [0, 0.05) is 49.3 Å². The quantitative estimate of drug-likeness (QED) is 0.886. The zero-order chi connectivity index (χ0) is 14.5.